The summed E-state index contributed by atoms with van der Waals surface area (Å²) in [5, 5.41) is 3.55. The number of rotatable bonds is 6. The molecule has 0 amide bonds. The van der Waals surface area contributed by atoms with Gasteiger partial charge in [-0.05, 0) is 46.6 Å². The molecule has 18 heavy (non-hydrogen) atoms. The van der Waals surface area contributed by atoms with Crippen molar-refractivity contribution >= 4 is 0 Å². The molecule has 0 aromatic carbocycles. The summed E-state index contributed by atoms with van der Waals surface area (Å²) in [7, 11) is 2.19. The lowest BCUT2D eigenvalue weighted by Crippen LogP contribution is -2.37. The molecule has 106 valence electrons. The molecule has 1 aliphatic carbocycles. The Morgan fingerprint density at radius 2 is 2.00 bits per heavy atom. The second-order valence-corrected chi connectivity index (χ2v) is 6.45. The van der Waals surface area contributed by atoms with Crippen molar-refractivity contribution in [1.82, 2.24) is 10.2 Å². The summed E-state index contributed by atoms with van der Waals surface area (Å²) in [6, 6.07) is 0.635. The molecule has 1 atom stereocenters. The lowest BCUT2D eigenvalue weighted by Gasteiger charge is -2.24. The van der Waals surface area contributed by atoms with Gasteiger partial charge in [0.05, 0.1) is 11.7 Å². The average molecular weight is 254 g/mol. The number of ether oxygens (including phenoxy) is 1. The van der Waals surface area contributed by atoms with Crippen LogP contribution in [-0.2, 0) is 4.74 Å². The van der Waals surface area contributed by atoms with Crippen LogP contribution in [0.5, 0.6) is 0 Å². The van der Waals surface area contributed by atoms with Gasteiger partial charge < -0.3 is 15.0 Å². The average Bonchev–Trinajstić information content (AvgIpc) is 2.95. The van der Waals surface area contributed by atoms with Crippen LogP contribution in [0.2, 0.25) is 0 Å². The Kier molecular flexibility index (Phi) is 5.05. The van der Waals surface area contributed by atoms with Gasteiger partial charge in [0.1, 0.15) is 0 Å². The van der Waals surface area contributed by atoms with E-state index in [1.54, 1.807) is 0 Å². The molecular formula is C15H30N2O. The fraction of sp³-hybridized carbons (Fsp3) is 1.00. The first-order valence-electron chi connectivity index (χ1n) is 7.70. The van der Waals surface area contributed by atoms with Gasteiger partial charge in [0.15, 0.2) is 0 Å². The molecule has 2 rings (SSSR count). The van der Waals surface area contributed by atoms with E-state index in [0.717, 1.165) is 19.6 Å². The third-order valence-corrected chi connectivity index (χ3v) is 4.75. The van der Waals surface area contributed by atoms with Gasteiger partial charge in [0.25, 0.3) is 0 Å². The number of nitrogens with zero attached hydrogens (tertiary/aromatic N) is 1. The van der Waals surface area contributed by atoms with Gasteiger partial charge in [-0.15, -0.1) is 0 Å². The van der Waals surface area contributed by atoms with E-state index in [4.69, 9.17) is 4.74 Å². The van der Waals surface area contributed by atoms with Gasteiger partial charge in [-0.1, -0.05) is 12.8 Å². The van der Waals surface area contributed by atoms with Crippen molar-refractivity contribution in [3.05, 3.63) is 0 Å². The Morgan fingerprint density at radius 1 is 1.28 bits per heavy atom. The zero-order valence-electron chi connectivity index (χ0n) is 12.4. The Morgan fingerprint density at radius 3 is 2.67 bits per heavy atom. The van der Waals surface area contributed by atoms with E-state index in [0.29, 0.717) is 17.7 Å². The highest BCUT2D eigenvalue weighted by molar-refractivity contribution is 4.93. The quantitative estimate of drug-likeness (QED) is 0.737. The molecule has 1 N–H and O–H groups in total. The molecule has 0 radical (unpaired) electrons. The maximum Gasteiger partial charge on any atom is 0.0708 e. The van der Waals surface area contributed by atoms with E-state index >= 15 is 0 Å². The number of hydrogen-bond donors (Lipinski definition) is 1. The lowest BCUT2D eigenvalue weighted by molar-refractivity contribution is -0.0351. The van der Waals surface area contributed by atoms with Gasteiger partial charge in [-0.25, -0.2) is 0 Å². The van der Waals surface area contributed by atoms with Crippen LogP contribution in [-0.4, -0.2) is 49.3 Å². The molecule has 3 heteroatoms. The van der Waals surface area contributed by atoms with Crippen LogP contribution in [0.3, 0.4) is 0 Å². The second kappa shape index (κ2) is 6.36. The molecule has 1 unspecified atom stereocenters. The van der Waals surface area contributed by atoms with Crippen molar-refractivity contribution in [2.45, 2.75) is 70.1 Å². The molecule has 1 heterocycles. The third kappa shape index (κ3) is 3.69. The normalized spacial score (nSPS) is 26.8. The van der Waals surface area contributed by atoms with Crippen LogP contribution in [0.4, 0.5) is 0 Å². The molecule has 1 aliphatic heterocycles. The number of likely N-dealkylation sites (N-methyl/N-ethyl adjacent to an activating group) is 1. The zero-order chi connectivity index (χ0) is 13.0. The van der Waals surface area contributed by atoms with Gasteiger partial charge in [-0.2, -0.15) is 0 Å². The largest absolute Gasteiger partial charge is 0.370 e. The van der Waals surface area contributed by atoms with Crippen LogP contribution >= 0.6 is 0 Å². The standard InChI is InChI=1S/C15H30N2O/c1-13(2)17(3)11-10-16-12-14-6-9-15(18-14)7-4-5-8-15/h13-14,16H,4-12H2,1-3H3. The summed E-state index contributed by atoms with van der Waals surface area (Å²) in [5.41, 5.74) is 0.293. The third-order valence-electron chi connectivity index (χ3n) is 4.75. The lowest BCUT2D eigenvalue weighted by atomic mass is 9.98. The molecule has 1 spiro atoms. The maximum absolute atomic E-state index is 6.29. The van der Waals surface area contributed by atoms with E-state index in [-0.39, 0.29) is 0 Å². The summed E-state index contributed by atoms with van der Waals surface area (Å²) in [5.74, 6) is 0. The minimum Gasteiger partial charge on any atom is -0.370 e. The van der Waals surface area contributed by atoms with Crippen LogP contribution in [0, 0.1) is 0 Å². The fourth-order valence-corrected chi connectivity index (χ4v) is 3.20. The summed E-state index contributed by atoms with van der Waals surface area (Å²) < 4.78 is 6.29. The Bertz CT molecular complexity index is 249. The Hall–Kier alpha value is -0.120. The highest BCUT2D eigenvalue weighted by atomic mass is 16.5. The van der Waals surface area contributed by atoms with Crippen molar-refractivity contribution < 1.29 is 4.74 Å². The molecule has 3 nitrogen and oxygen atoms in total. The first-order valence-corrected chi connectivity index (χ1v) is 7.70. The minimum absolute atomic E-state index is 0.293. The highest BCUT2D eigenvalue weighted by Crippen LogP contribution is 2.43. The predicted octanol–water partition coefficient (Wildman–Crippen LogP) is 2.41. The number of nitrogens with one attached hydrogen (secondary N) is 1. The molecule has 1 saturated carbocycles. The highest BCUT2D eigenvalue weighted by Gasteiger charge is 2.41. The predicted molar refractivity (Wildman–Crippen MR) is 75.9 cm³/mol. The van der Waals surface area contributed by atoms with E-state index in [1.165, 1.54) is 38.5 Å². The topological polar surface area (TPSA) is 24.5 Å². The van der Waals surface area contributed by atoms with E-state index in [2.05, 4.69) is 31.1 Å². The SMILES string of the molecule is CC(C)N(C)CCNCC1CCC2(CCCC2)O1. The summed E-state index contributed by atoms with van der Waals surface area (Å²) in [6.07, 6.45) is 8.38. The van der Waals surface area contributed by atoms with Crippen LogP contribution in [0.15, 0.2) is 0 Å². The molecule has 0 aromatic heterocycles. The smallest absolute Gasteiger partial charge is 0.0708 e. The first kappa shape index (κ1) is 14.3. The van der Waals surface area contributed by atoms with Crippen molar-refractivity contribution in [3.8, 4) is 0 Å². The zero-order valence-corrected chi connectivity index (χ0v) is 12.4. The number of hydrogen-bond acceptors (Lipinski definition) is 3. The van der Waals surface area contributed by atoms with Crippen molar-refractivity contribution in [2.75, 3.05) is 26.7 Å². The van der Waals surface area contributed by atoms with Gasteiger partial charge in [-0.3, -0.25) is 0 Å². The first-order chi connectivity index (χ1) is 8.61. The van der Waals surface area contributed by atoms with E-state index < -0.39 is 0 Å². The van der Waals surface area contributed by atoms with Crippen molar-refractivity contribution in [1.29, 1.82) is 0 Å². The van der Waals surface area contributed by atoms with E-state index in [1.807, 2.05) is 0 Å². The second-order valence-electron chi connectivity index (χ2n) is 6.45. The molecule has 2 fully saturated rings. The van der Waals surface area contributed by atoms with Crippen molar-refractivity contribution in [3.63, 3.8) is 0 Å². The summed E-state index contributed by atoms with van der Waals surface area (Å²) >= 11 is 0. The Balaban J connectivity index is 1.58. The Labute approximate surface area is 112 Å². The van der Waals surface area contributed by atoms with Gasteiger partial charge in [0, 0.05) is 25.7 Å². The van der Waals surface area contributed by atoms with E-state index in [9.17, 15) is 0 Å². The van der Waals surface area contributed by atoms with Crippen LogP contribution in [0.25, 0.3) is 0 Å². The van der Waals surface area contributed by atoms with Gasteiger partial charge in [0.2, 0.25) is 0 Å². The molecule has 0 aromatic rings. The van der Waals surface area contributed by atoms with Gasteiger partial charge >= 0.3 is 0 Å². The fourth-order valence-electron chi connectivity index (χ4n) is 3.20. The van der Waals surface area contributed by atoms with Crippen LogP contribution < -0.4 is 5.32 Å². The van der Waals surface area contributed by atoms with Crippen molar-refractivity contribution in [2.24, 2.45) is 0 Å². The summed E-state index contributed by atoms with van der Waals surface area (Å²) in [4.78, 5) is 2.38. The molecule has 0 bridgehead atoms. The molecule has 1 saturated heterocycles. The summed E-state index contributed by atoms with van der Waals surface area (Å²) in [6.45, 7) is 7.71. The molecular weight excluding hydrogens is 224 g/mol. The monoisotopic (exact) mass is 254 g/mol. The van der Waals surface area contributed by atoms with Crippen LogP contribution in [0.1, 0.15) is 52.4 Å². The molecule has 2 aliphatic rings. The minimum atomic E-state index is 0.293. The maximum atomic E-state index is 6.29.